The minimum atomic E-state index is -0.266. The van der Waals surface area contributed by atoms with Gasteiger partial charge < -0.3 is 9.42 Å². The van der Waals surface area contributed by atoms with Gasteiger partial charge in [0, 0.05) is 24.8 Å². The largest absolute Gasteiger partial charge is 0.339 e. The first kappa shape index (κ1) is 17.6. The molecule has 1 fully saturated rings. The predicted octanol–water partition coefficient (Wildman–Crippen LogP) is 3.80. The van der Waals surface area contributed by atoms with E-state index in [1.165, 1.54) is 12.1 Å². The fourth-order valence-electron chi connectivity index (χ4n) is 3.14. The molecular weight excluding hydrogens is 321 g/mol. The Balaban J connectivity index is 1.63. The molecule has 1 saturated heterocycles. The maximum Gasteiger partial charge on any atom is 0.227 e. The number of halogens is 1. The van der Waals surface area contributed by atoms with Gasteiger partial charge in [0.05, 0.1) is 6.04 Å². The maximum absolute atomic E-state index is 13.5. The molecule has 5 nitrogen and oxygen atoms in total. The van der Waals surface area contributed by atoms with E-state index in [-0.39, 0.29) is 23.2 Å². The summed E-state index contributed by atoms with van der Waals surface area (Å²) in [5.41, 5.74) is 0.682. The smallest absolute Gasteiger partial charge is 0.227 e. The molecule has 2 aromatic rings. The second kappa shape index (κ2) is 6.94. The maximum atomic E-state index is 13.5. The van der Waals surface area contributed by atoms with Gasteiger partial charge in [-0.05, 0) is 30.5 Å². The van der Waals surface area contributed by atoms with E-state index in [4.69, 9.17) is 4.52 Å². The highest BCUT2D eigenvalue weighted by molar-refractivity contribution is 5.77. The van der Waals surface area contributed by atoms with Gasteiger partial charge in [0.1, 0.15) is 5.82 Å². The number of aryl methyl sites for hydroxylation is 1. The van der Waals surface area contributed by atoms with E-state index in [1.54, 1.807) is 6.07 Å². The number of hydrogen-bond donors (Lipinski definition) is 0. The molecule has 1 aliphatic rings. The van der Waals surface area contributed by atoms with Gasteiger partial charge in [0.25, 0.3) is 0 Å². The zero-order chi connectivity index (χ0) is 18.0. The van der Waals surface area contributed by atoms with Gasteiger partial charge in [-0.25, -0.2) is 4.39 Å². The summed E-state index contributed by atoms with van der Waals surface area (Å²) in [6, 6.07) is 6.47. The van der Waals surface area contributed by atoms with Crippen molar-refractivity contribution in [3.8, 4) is 0 Å². The summed E-state index contributed by atoms with van der Waals surface area (Å²) in [6.07, 6.45) is 2.54. The molecule has 0 N–H and O–H groups in total. The quantitative estimate of drug-likeness (QED) is 0.846. The van der Waals surface area contributed by atoms with Gasteiger partial charge in [-0.15, -0.1) is 0 Å². The van der Waals surface area contributed by atoms with Crippen molar-refractivity contribution < 1.29 is 13.7 Å². The van der Waals surface area contributed by atoms with Gasteiger partial charge in [-0.1, -0.05) is 38.1 Å². The topological polar surface area (TPSA) is 59.2 Å². The zero-order valence-electron chi connectivity index (χ0n) is 15.0. The number of nitrogens with zero attached hydrogens (tertiary/aromatic N) is 3. The Morgan fingerprint density at radius 1 is 1.40 bits per heavy atom. The Hall–Kier alpha value is -2.24. The van der Waals surface area contributed by atoms with Crippen LogP contribution >= 0.6 is 0 Å². The molecule has 3 rings (SSSR count). The van der Waals surface area contributed by atoms with Crippen molar-refractivity contribution in [2.24, 2.45) is 0 Å². The molecule has 1 aromatic carbocycles. The number of benzene rings is 1. The lowest BCUT2D eigenvalue weighted by atomic mass is 9.96. The van der Waals surface area contributed by atoms with E-state index in [2.05, 4.69) is 10.1 Å². The number of carbonyl (C=O) groups is 1. The number of amides is 1. The van der Waals surface area contributed by atoms with Crippen LogP contribution in [0.1, 0.15) is 63.4 Å². The fourth-order valence-corrected chi connectivity index (χ4v) is 3.14. The minimum absolute atomic E-state index is 0.0438. The van der Waals surface area contributed by atoms with Crippen LogP contribution in [0, 0.1) is 5.82 Å². The lowest BCUT2D eigenvalue weighted by Gasteiger charge is -2.25. The zero-order valence-corrected chi connectivity index (χ0v) is 15.0. The monoisotopic (exact) mass is 345 g/mol. The molecule has 134 valence electrons. The van der Waals surface area contributed by atoms with Gasteiger partial charge in [0.15, 0.2) is 5.82 Å². The standard InChI is InChI=1S/C19H24FN3O2/c1-19(2,3)18-21-16(25-22-18)9-10-17(24)23-11-5-8-15(23)13-6-4-7-14(20)12-13/h4,6-7,12,15H,5,8-11H2,1-3H3. The summed E-state index contributed by atoms with van der Waals surface area (Å²) in [7, 11) is 0. The Kier molecular flexibility index (Phi) is 4.88. The van der Waals surface area contributed by atoms with Crippen LogP contribution in [0.2, 0.25) is 0 Å². The molecule has 0 spiro atoms. The molecule has 1 unspecified atom stereocenters. The summed E-state index contributed by atoms with van der Waals surface area (Å²) < 4.78 is 18.7. The second-order valence-corrected chi connectivity index (χ2v) is 7.56. The van der Waals surface area contributed by atoms with Crippen molar-refractivity contribution in [1.82, 2.24) is 15.0 Å². The average molecular weight is 345 g/mol. The van der Waals surface area contributed by atoms with Crippen molar-refractivity contribution in [3.63, 3.8) is 0 Å². The van der Waals surface area contributed by atoms with Crippen molar-refractivity contribution in [2.75, 3.05) is 6.54 Å². The lowest BCUT2D eigenvalue weighted by molar-refractivity contribution is -0.132. The first-order valence-electron chi connectivity index (χ1n) is 8.72. The van der Waals surface area contributed by atoms with E-state index in [9.17, 15) is 9.18 Å². The third-order valence-electron chi connectivity index (χ3n) is 4.50. The normalized spacial score (nSPS) is 17.9. The molecule has 6 heteroatoms. The Morgan fingerprint density at radius 3 is 2.88 bits per heavy atom. The van der Waals surface area contributed by atoms with E-state index in [0.717, 1.165) is 18.4 Å². The van der Waals surface area contributed by atoms with Crippen molar-refractivity contribution in [3.05, 3.63) is 47.4 Å². The van der Waals surface area contributed by atoms with Crippen LogP contribution in [0.4, 0.5) is 4.39 Å². The highest BCUT2D eigenvalue weighted by Gasteiger charge is 2.30. The molecule has 1 aromatic heterocycles. The van der Waals surface area contributed by atoms with E-state index in [1.807, 2.05) is 31.7 Å². The number of carbonyl (C=O) groups excluding carboxylic acids is 1. The van der Waals surface area contributed by atoms with Crippen LogP contribution in [0.25, 0.3) is 0 Å². The average Bonchev–Trinajstić information content (AvgIpc) is 3.21. The van der Waals surface area contributed by atoms with E-state index in [0.29, 0.717) is 31.1 Å². The lowest BCUT2D eigenvalue weighted by Crippen LogP contribution is -2.30. The fraction of sp³-hybridized carbons (Fsp3) is 0.526. The second-order valence-electron chi connectivity index (χ2n) is 7.56. The summed E-state index contributed by atoms with van der Waals surface area (Å²) >= 11 is 0. The first-order valence-corrected chi connectivity index (χ1v) is 8.72. The number of hydrogen-bond acceptors (Lipinski definition) is 4. The molecule has 25 heavy (non-hydrogen) atoms. The van der Waals surface area contributed by atoms with Crippen LogP contribution in [-0.2, 0) is 16.6 Å². The van der Waals surface area contributed by atoms with Gasteiger partial charge >= 0.3 is 0 Å². The molecule has 1 atom stereocenters. The highest BCUT2D eigenvalue weighted by atomic mass is 19.1. The van der Waals surface area contributed by atoms with Crippen LogP contribution in [0.15, 0.2) is 28.8 Å². The SMILES string of the molecule is CC(C)(C)c1noc(CCC(=O)N2CCCC2c2cccc(F)c2)n1. The van der Waals surface area contributed by atoms with Crippen LogP contribution in [0.3, 0.4) is 0 Å². The van der Waals surface area contributed by atoms with E-state index >= 15 is 0 Å². The van der Waals surface area contributed by atoms with Crippen molar-refractivity contribution in [2.45, 2.75) is 57.9 Å². The Labute approximate surface area is 147 Å². The molecule has 1 aliphatic heterocycles. The minimum Gasteiger partial charge on any atom is -0.339 e. The molecule has 2 heterocycles. The molecule has 0 bridgehead atoms. The first-order chi connectivity index (χ1) is 11.8. The van der Waals surface area contributed by atoms with Crippen LogP contribution in [-0.4, -0.2) is 27.5 Å². The predicted molar refractivity (Wildman–Crippen MR) is 91.4 cm³/mol. The molecule has 0 aliphatic carbocycles. The third-order valence-corrected chi connectivity index (χ3v) is 4.50. The Morgan fingerprint density at radius 2 is 2.20 bits per heavy atom. The van der Waals surface area contributed by atoms with Gasteiger partial charge in [-0.2, -0.15) is 4.98 Å². The molecule has 0 saturated carbocycles. The molecular formula is C19H24FN3O2. The summed E-state index contributed by atoms with van der Waals surface area (Å²) in [5, 5.41) is 3.98. The number of likely N-dealkylation sites (tertiary alicyclic amines) is 1. The molecule has 0 radical (unpaired) electrons. The van der Waals surface area contributed by atoms with Crippen molar-refractivity contribution in [1.29, 1.82) is 0 Å². The molecule has 1 amide bonds. The Bertz CT molecular complexity index is 751. The van der Waals surface area contributed by atoms with Crippen molar-refractivity contribution >= 4 is 5.91 Å². The number of rotatable bonds is 4. The van der Waals surface area contributed by atoms with Crippen LogP contribution < -0.4 is 0 Å². The summed E-state index contributed by atoms with van der Waals surface area (Å²) in [4.78, 5) is 18.8. The highest BCUT2D eigenvalue weighted by Crippen LogP contribution is 2.32. The third kappa shape index (κ3) is 4.06. The summed E-state index contributed by atoms with van der Waals surface area (Å²) in [5.74, 6) is 0.910. The number of aromatic nitrogens is 2. The van der Waals surface area contributed by atoms with Gasteiger partial charge in [0.2, 0.25) is 11.8 Å². The van der Waals surface area contributed by atoms with Crippen LogP contribution in [0.5, 0.6) is 0 Å². The van der Waals surface area contributed by atoms with E-state index < -0.39 is 0 Å². The summed E-state index contributed by atoms with van der Waals surface area (Å²) in [6.45, 7) is 6.75. The van der Waals surface area contributed by atoms with Gasteiger partial charge in [-0.3, -0.25) is 4.79 Å².